The lowest BCUT2D eigenvalue weighted by molar-refractivity contribution is 0.201. The van der Waals surface area contributed by atoms with Gasteiger partial charge in [-0.2, -0.15) is 0 Å². The summed E-state index contributed by atoms with van der Waals surface area (Å²) in [7, 11) is -7.37. The van der Waals surface area contributed by atoms with Crippen LogP contribution in [0.15, 0.2) is 53.4 Å². The fourth-order valence-electron chi connectivity index (χ4n) is 4.37. The van der Waals surface area contributed by atoms with E-state index in [0.717, 1.165) is 17.8 Å². The van der Waals surface area contributed by atoms with E-state index in [1.165, 1.54) is 17.7 Å². The largest absolute Gasteiger partial charge is 0.369 e. The number of nitrogens with zero attached hydrogens (tertiary/aromatic N) is 2. The fourth-order valence-corrected chi connectivity index (χ4v) is 9.20. The van der Waals surface area contributed by atoms with Crippen LogP contribution in [0.3, 0.4) is 0 Å². The molecule has 2 atom stereocenters. The van der Waals surface area contributed by atoms with Crippen molar-refractivity contribution in [1.82, 2.24) is 4.90 Å². The minimum Gasteiger partial charge on any atom is -0.369 e. The van der Waals surface area contributed by atoms with Gasteiger partial charge in [0.25, 0.3) is 0 Å². The molecular formula is C21H25FN2O4S2. The summed E-state index contributed by atoms with van der Waals surface area (Å²) in [6.45, 7) is 4.60. The molecule has 30 heavy (non-hydrogen) atoms. The number of hydrogen-bond acceptors (Lipinski definition) is 6. The Morgan fingerprint density at radius 2 is 1.63 bits per heavy atom. The number of anilines is 1. The van der Waals surface area contributed by atoms with E-state index in [4.69, 9.17) is 0 Å². The standard InChI is InChI=1S/C21H25FN2O4S2/c1-16-3-2-4-18(13-16)23-9-11-24(12-10-23)20-14-29(25,26)15-21(20)30(27,28)19-7-5-17(22)6-8-19/h2-8,13,20-21H,9-12,14-15H2,1H3/t20-,21-/m0/s1. The first-order valence-electron chi connectivity index (χ1n) is 9.91. The zero-order valence-electron chi connectivity index (χ0n) is 16.7. The van der Waals surface area contributed by atoms with E-state index >= 15 is 0 Å². The molecular weight excluding hydrogens is 427 g/mol. The molecule has 6 nitrogen and oxygen atoms in total. The van der Waals surface area contributed by atoms with Gasteiger partial charge in [-0.3, -0.25) is 4.90 Å². The van der Waals surface area contributed by atoms with Gasteiger partial charge in [-0.15, -0.1) is 0 Å². The van der Waals surface area contributed by atoms with Gasteiger partial charge in [0.1, 0.15) is 5.82 Å². The van der Waals surface area contributed by atoms with Crippen molar-refractivity contribution in [1.29, 1.82) is 0 Å². The molecule has 2 aliphatic heterocycles. The average molecular weight is 453 g/mol. The number of hydrogen-bond donors (Lipinski definition) is 0. The Morgan fingerprint density at radius 1 is 0.967 bits per heavy atom. The Balaban J connectivity index is 1.54. The molecule has 0 saturated carbocycles. The molecule has 0 aromatic heterocycles. The smallest absolute Gasteiger partial charge is 0.183 e. The lowest BCUT2D eigenvalue weighted by Gasteiger charge is -2.40. The Kier molecular flexibility index (Phi) is 5.63. The van der Waals surface area contributed by atoms with Gasteiger partial charge in [-0.1, -0.05) is 12.1 Å². The van der Waals surface area contributed by atoms with Crippen LogP contribution in [0, 0.1) is 12.7 Å². The molecule has 162 valence electrons. The van der Waals surface area contributed by atoms with E-state index in [-0.39, 0.29) is 10.6 Å². The number of sulfone groups is 2. The van der Waals surface area contributed by atoms with Crippen molar-refractivity contribution in [3.63, 3.8) is 0 Å². The highest BCUT2D eigenvalue weighted by Gasteiger charge is 2.48. The van der Waals surface area contributed by atoms with Gasteiger partial charge < -0.3 is 4.90 Å². The van der Waals surface area contributed by atoms with Crippen LogP contribution < -0.4 is 4.90 Å². The Morgan fingerprint density at radius 3 is 2.27 bits per heavy atom. The van der Waals surface area contributed by atoms with Crippen LogP contribution in [0.1, 0.15) is 5.56 Å². The minimum absolute atomic E-state index is 0.0330. The summed E-state index contributed by atoms with van der Waals surface area (Å²) in [5.74, 6) is -1.09. The third-order valence-electron chi connectivity index (χ3n) is 5.96. The maximum absolute atomic E-state index is 13.2. The molecule has 0 bridgehead atoms. The number of benzene rings is 2. The van der Waals surface area contributed by atoms with Crippen molar-refractivity contribution in [2.24, 2.45) is 0 Å². The van der Waals surface area contributed by atoms with Crippen LogP contribution >= 0.6 is 0 Å². The van der Waals surface area contributed by atoms with Crippen molar-refractivity contribution >= 4 is 25.4 Å². The molecule has 2 fully saturated rings. The minimum atomic E-state index is -3.90. The summed E-state index contributed by atoms with van der Waals surface area (Å²) < 4.78 is 64.4. The normalized spacial score (nSPS) is 24.8. The van der Waals surface area contributed by atoms with E-state index in [9.17, 15) is 21.2 Å². The lowest BCUT2D eigenvalue weighted by atomic mass is 10.1. The van der Waals surface area contributed by atoms with E-state index in [1.807, 2.05) is 30.0 Å². The lowest BCUT2D eigenvalue weighted by Crippen LogP contribution is -2.55. The topological polar surface area (TPSA) is 74.8 Å². The first kappa shape index (κ1) is 21.3. The average Bonchev–Trinajstić information content (AvgIpc) is 3.05. The second kappa shape index (κ2) is 7.94. The third-order valence-corrected chi connectivity index (χ3v) is 10.1. The first-order valence-corrected chi connectivity index (χ1v) is 13.3. The Bertz CT molecular complexity index is 1130. The van der Waals surface area contributed by atoms with Crippen LogP contribution in [0.5, 0.6) is 0 Å². The predicted octanol–water partition coefficient (Wildman–Crippen LogP) is 1.90. The van der Waals surface area contributed by atoms with E-state index in [1.54, 1.807) is 0 Å². The Labute approximate surface area is 177 Å². The molecule has 0 unspecified atom stereocenters. The Hall–Kier alpha value is -1.97. The van der Waals surface area contributed by atoms with Crippen LogP contribution in [-0.2, 0) is 19.7 Å². The molecule has 0 N–H and O–H groups in total. The molecule has 2 saturated heterocycles. The van der Waals surface area contributed by atoms with Crippen molar-refractivity contribution < 1.29 is 21.2 Å². The molecule has 2 aliphatic rings. The number of rotatable bonds is 4. The van der Waals surface area contributed by atoms with Crippen LogP contribution in [0.4, 0.5) is 10.1 Å². The van der Waals surface area contributed by atoms with Crippen molar-refractivity contribution in [2.75, 3.05) is 42.6 Å². The maximum Gasteiger partial charge on any atom is 0.183 e. The molecule has 0 spiro atoms. The van der Waals surface area contributed by atoms with Gasteiger partial charge in [0.15, 0.2) is 19.7 Å². The third kappa shape index (κ3) is 4.24. The van der Waals surface area contributed by atoms with Gasteiger partial charge >= 0.3 is 0 Å². The van der Waals surface area contributed by atoms with Crippen molar-refractivity contribution in [2.45, 2.75) is 23.1 Å². The SMILES string of the molecule is Cc1cccc(N2CCN([C@H]3CS(=O)(=O)C[C@@H]3S(=O)(=O)c3ccc(F)cc3)CC2)c1. The summed E-state index contributed by atoms with van der Waals surface area (Å²) in [6, 6.07) is 12.2. The monoisotopic (exact) mass is 452 g/mol. The molecule has 0 amide bonds. The summed E-state index contributed by atoms with van der Waals surface area (Å²) >= 11 is 0. The molecule has 2 aromatic rings. The van der Waals surface area contributed by atoms with Gasteiger partial charge in [0.2, 0.25) is 0 Å². The second-order valence-corrected chi connectivity index (χ2v) is 12.4. The summed E-state index contributed by atoms with van der Waals surface area (Å²) in [6.07, 6.45) is 0. The highest BCUT2D eigenvalue weighted by atomic mass is 32.2. The highest BCUT2D eigenvalue weighted by molar-refractivity contribution is 7.96. The number of piperazine rings is 1. The zero-order valence-corrected chi connectivity index (χ0v) is 18.4. The van der Waals surface area contributed by atoms with E-state index < -0.39 is 42.5 Å². The van der Waals surface area contributed by atoms with Gasteiger partial charge in [0, 0.05) is 37.9 Å². The van der Waals surface area contributed by atoms with Crippen LogP contribution in [-0.4, -0.2) is 70.7 Å². The van der Waals surface area contributed by atoms with Crippen LogP contribution in [0.25, 0.3) is 0 Å². The number of halogens is 1. The zero-order chi connectivity index (χ0) is 21.5. The van der Waals surface area contributed by atoms with Gasteiger partial charge in [0.05, 0.1) is 21.7 Å². The van der Waals surface area contributed by atoms with E-state index in [2.05, 4.69) is 11.0 Å². The summed E-state index contributed by atoms with van der Waals surface area (Å²) in [4.78, 5) is 4.19. The summed E-state index contributed by atoms with van der Waals surface area (Å²) in [5, 5.41) is -1.04. The highest BCUT2D eigenvalue weighted by Crippen LogP contribution is 2.30. The molecule has 2 aromatic carbocycles. The van der Waals surface area contributed by atoms with E-state index in [0.29, 0.717) is 26.2 Å². The fraction of sp³-hybridized carbons (Fsp3) is 0.429. The van der Waals surface area contributed by atoms with Crippen molar-refractivity contribution in [3.8, 4) is 0 Å². The molecule has 2 heterocycles. The molecule has 4 rings (SSSR count). The molecule has 0 aliphatic carbocycles. The summed E-state index contributed by atoms with van der Waals surface area (Å²) in [5.41, 5.74) is 2.28. The van der Waals surface area contributed by atoms with Crippen LogP contribution in [0.2, 0.25) is 0 Å². The maximum atomic E-state index is 13.2. The van der Waals surface area contributed by atoms with Gasteiger partial charge in [-0.25, -0.2) is 21.2 Å². The predicted molar refractivity (Wildman–Crippen MR) is 115 cm³/mol. The molecule has 9 heteroatoms. The van der Waals surface area contributed by atoms with Gasteiger partial charge in [-0.05, 0) is 48.9 Å². The van der Waals surface area contributed by atoms with Crippen molar-refractivity contribution in [3.05, 3.63) is 59.9 Å². The number of aryl methyl sites for hydroxylation is 1. The molecule has 0 radical (unpaired) electrons. The first-order chi connectivity index (χ1) is 14.2. The second-order valence-electron chi connectivity index (χ2n) is 8.04. The quantitative estimate of drug-likeness (QED) is 0.660.